The summed E-state index contributed by atoms with van der Waals surface area (Å²) in [5.74, 6) is -0.698. The molecule has 0 aliphatic carbocycles. The molecule has 0 bridgehead atoms. The van der Waals surface area contributed by atoms with E-state index >= 15 is 0 Å². The minimum atomic E-state index is -2.55. The molecule has 0 radical (unpaired) electrons. The standard InChI is InChI=1S/C27H36N4O4SSi/c1-26(2,3)34-25(32)22(30-31-28)23(35-37(7,8)27(4,5)6)21-19-16-12-13-17-20(19)29-24(21)36(33)18-14-10-9-11-15-18/h9-17,22-23,29H,1-8H3/t22-,23-,36?/m0/s1. The molecule has 0 saturated heterocycles. The van der Waals surface area contributed by atoms with Crippen molar-refractivity contribution in [2.75, 3.05) is 0 Å². The lowest BCUT2D eigenvalue weighted by Gasteiger charge is -2.40. The number of para-hydroxylation sites is 1. The Bertz CT molecular complexity index is 1340. The molecule has 3 rings (SSSR count). The van der Waals surface area contributed by atoms with Gasteiger partial charge in [-0.25, -0.2) is 4.21 Å². The first-order valence-corrected chi connectivity index (χ1v) is 16.2. The zero-order valence-electron chi connectivity index (χ0n) is 22.7. The van der Waals surface area contributed by atoms with Gasteiger partial charge in [-0.1, -0.05) is 62.3 Å². The number of rotatable bonds is 8. The van der Waals surface area contributed by atoms with E-state index in [1.54, 1.807) is 32.9 Å². The number of H-pyrrole nitrogens is 1. The van der Waals surface area contributed by atoms with Gasteiger partial charge in [-0.3, -0.25) is 4.79 Å². The second-order valence-corrected chi connectivity index (χ2v) is 17.7. The van der Waals surface area contributed by atoms with Crippen molar-refractivity contribution in [1.29, 1.82) is 0 Å². The molecule has 1 heterocycles. The summed E-state index contributed by atoms with van der Waals surface area (Å²) >= 11 is 0. The van der Waals surface area contributed by atoms with E-state index in [4.69, 9.17) is 9.16 Å². The van der Waals surface area contributed by atoms with Crippen LogP contribution < -0.4 is 0 Å². The molecule has 0 aliphatic heterocycles. The summed E-state index contributed by atoms with van der Waals surface area (Å²) in [7, 11) is -4.17. The molecular formula is C27H36N4O4SSi. The van der Waals surface area contributed by atoms with Gasteiger partial charge in [-0.05, 0) is 62.6 Å². The van der Waals surface area contributed by atoms with Crippen LogP contribution in [-0.4, -0.2) is 35.1 Å². The average molecular weight is 541 g/mol. The highest BCUT2D eigenvalue weighted by Crippen LogP contribution is 2.44. The van der Waals surface area contributed by atoms with Crippen LogP contribution in [0.25, 0.3) is 21.3 Å². The van der Waals surface area contributed by atoms with Crippen LogP contribution in [0.5, 0.6) is 0 Å². The molecule has 10 heteroatoms. The van der Waals surface area contributed by atoms with E-state index in [0.717, 1.165) is 10.9 Å². The molecule has 0 fully saturated rings. The number of nitrogens with one attached hydrogen (secondary N) is 1. The molecule has 3 atom stereocenters. The van der Waals surface area contributed by atoms with Crippen LogP contribution in [0.4, 0.5) is 0 Å². The monoisotopic (exact) mass is 540 g/mol. The van der Waals surface area contributed by atoms with Crippen LogP contribution in [-0.2, 0) is 24.8 Å². The van der Waals surface area contributed by atoms with E-state index in [2.05, 4.69) is 48.9 Å². The predicted molar refractivity (Wildman–Crippen MR) is 149 cm³/mol. The highest BCUT2D eigenvalue weighted by molar-refractivity contribution is 7.85. The number of esters is 1. The maximum absolute atomic E-state index is 13.9. The van der Waals surface area contributed by atoms with Gasteiger partial charge in [0.1, 0.15) is 21.4 Å². The van der Waals surface area contributed by atoms with Crippen LogP contribution >= 0.6 is 0 Å². The Morgan fingerprint density at radius 1 is 1.03 bits per heavy atom. The number of ether oxygens (including phenoxy) is 1. The lowest BCUT2D eigenvalue weighted by molar-refractivity contribution is -0.159. The Morgan fingerprint density at radius 2 is 1.62 bits per heavy atom. The van der Waals surface area contributed by atoms with E-state index in [0.29, 0.717) is 15.5 Å². The lowest BCUT2D eigenvalue weighted by atomic mass is 10.0. The second-order valence-electron chi connectivity index (χ2n) is 11.5. The van der Waals surface area contributed by atoms with Crippen LogP contribution in [0.15, 0.2) is 69.6 Å². The van der Waals surface area contributed by atoms with E-state index < -0.39 is 42.8 Å². The van der Waals surface area contributed by atoms with Crippen molar-refractivity contribution in [2.24, 2.45) is 5.11 Å². The molecule has 1 N–H and O–H groups in total. The summed E-state index contributed by atoms with van der Waals surface area (Å²) in [6.45, 7) is 15.6. The molecule has 0 spiro atoms. The summed E-state index contributed by atoms with van der Waals surface area (Å²) < 4.78 is 26.4. The van der Waals surface area contributed by atoms with Gasteiger partial charge in [0.2, 0.25) is 0 Å². The van der Waals surface area contributed by atoms with Gasteiger partial charge in [0.15, 0.2) is 14.4 Å². The third kappa shape index (κ3) is 6.51. The molecule has 3 aromatic rings. The van der Waals surface area contributed by atoms with Crippen LogP contribution in [0.2, 0.25) is 18.1 Å². The molecular weight excluding hydrogens is 504 g/mol. The van der Waals surface area contributed by atoms with Crippen LogP contribution in [0, 0.1) is 0 Å². The highest BCUT2D eigenvalue weighted by atomic mass is 32.2. The van der Waals surface area contributed by atoms with Gasteiger partial charge < -0.3 is 14.1 Å². The van der Waals surface area contributed by atoms with Crippen molar-refractivity contribution < 1.29 is 18.2 Å². The number of carbonyl (C=O) groups is 1. The minimum absolute atomic E-state index is 0.217. The Kier molecular flexibility index (Phi) is 8.39. The quantitative estimate of drug-likeness (QED) is 0.105. The summed E-state index contributed by atoms with van der Waals surface area (Å²) in [4.78, 5) is 20.4. The number of aromatic nitrogens is 1. The third-order valence-corrected chi connectivity index (χ3v) is 12.3. The minimum Gasteiger partial charge on any atom is -0.460 e. The molecule has 198 valence electrons. The van der Waals surface area contributed by atoms with Crippen molar-refractivity contribution >= 4 is 36.0 Å². The second kappa shape index (κ2) is 10.8. The molecule has 2 aromatic carbocycles. The first-order chi connectivity index (χ1) is 17.2. The Morgan fingerprint density at radius 3 is 2.19 bits per heavy atom. The summed E-state index contributed by atoms with van der Waals surface area (Å²) in [6.07, 6.45) is -1.02. The number of fused-ring (bicyclic) bond motifs is 1. The third-order valence-electron chi connectivity index (χ3n) is 6.48. The topological polar surface area (TPSA) is 117 Å². The molecule has 37 heavy (non-hydrogen) atoms. The fourth-order valence-electron chi connectivity index (χ4n) is 3.65. The normalized spacial score (nSPS) is 15.0. The average Bonchev–Trinajstić information content (AvgIpc) is 3.19. The van der Waals surface area contributed by atoms with Crippen molar-refractivity contribution in [1.82, 2.24) is 4.98 Å². The Hall–Kier alpha value is -2.91. The highest BCUT2D eigenvalue weighted by Gasteiger charge is 2.45. The van der Waals surface area contributed by atoms with Crippen molar-refractivity contribution in [3.63, 3.8) is 0 Å². The van der Waals surface area contributed by atoms with Gasteiger partial charge in [-0.15, -0.1) is 0 Å². The Balaban J connectivity index is 2.33. The number of azide groups is 1. The van der Waals surface area contributed by atoms with Crippen molar-refractivity contribution in [3.8, 4) is 0 Å². The van der Waals surface area contributed by atoms with Crippen molar-refractivity contribution in [2.45, 2.75) is 87.3 Å². The SMILES string of the molecule is CC(C)(C)OC(=O)[C@@H](N=[N+]=[N-])[C@@H](O[Si](C)(C)C(C)(C)C)c1c(S(=O)c2ccccc2)[nH]c2ccccc12. The van der Waals surface area contributed by atoms with Gasteiger partial charge in [0, 0.05) is 26.3 Å². The van der Waals surface area contributed by atoms with Gasteiger partial charge in [-0.2, -0.15) is 0 Å². The lowest BCUT2D eigenvalue weighted by Crippen LogP contribution is -2.46. The fraction of sp³-hybridized carbons (Fsp3) is 0.444. The molecule has 8 nitrogen and oxygen atoms in total. The van der Waals surface area contributed by atoms with E-state index in [1.807, 2.05) is 42.5 Å². The van der Waals surface area contributed by atoms with Gasteiger partial charge >= 0.3 is 5.97 Å². The van der Waals surface area contributed by atoms with Gasteiger partial charge in [0.25, 0.3) is 0 Å². The number of carbonyl (C=O) groups excluding carboxylic acids is 1. The largest absolute Gasteiger partial charge is 0.460 e. The first-order valence-electron chi connectivity index (χ1n) is 12.2. The van der Waals surface area contributed by atoms with Crippen molar-refractivity contribution in [3.05, 3.63) is 70.6 Å². The molecule has 1 aromatic heterocycles. The number of nitrogens with zero attached hydrogens (tertiary/aromatic N) is 3. The van der Waals surface area contributed by atoms with Crippen LogP contribution in [0.1, 0.15) is 53.2 Å². The summed E-state index contributed by atoms with van der Waals surface area (Å²) in [6, 6.07) is 15.3. The van der Waals surface area contributed by atoms with E-state index in [1.165, 1.54) is 0 Å². The van der Waals surface area contributed by atoms with Crippen LogP contribution in [0.3, 0.4) is 0 Å². The maximum Gasteiger partial charge on any atom is 0.318 e. The predicted octanol–water partition coefficient (Wildman–Crippen LogP) is 7.42. The molecule has 1 unspecified atom stereocenters. The van der Waals surface area contributed by atoms with E-state index in [-0.39, 0.29) is 5.04 Å². The number of hydrogen-bond donors (Lipinski definition) is 1. The Labute approximate surface area is 222 Å². The number of hydrogen-bond acceptors (Lipinski definition) is 5. The zero-order valence-corrected chi connectivity index (χ0v) is 24.6. The summed E-state index contributed by atoms with van der Waals surface area (Å²) in [5.41, 5.74) is 9.96. The maximum atomic E-state index is 13.9. The molecule has 0 saturated carbocycles. The first kappa shape index (κ1) is 28.7. The summed E-state index contributed by atoms with van der Waals surface area (Å²) in [5, 5.41) is 4.83. The number of benzene rings is 2. The molecule has 0 aliphatic rings. The fourth-order valence-corrected chi connectivity index (χ4v) is 6.16. The zero-order chi connectivity index (χ0) is 27.6. The van der Waals surface area contributed by atoms with Gasteiger partial charge in [0.05, 0.1) is 6.10 Å². The number of aromatic amines is 1. The molecule has 0 amide bonds. The van der Waals surface area contributed by atoms with E-state index in [9.17, 15) is 14.5 Å². The smallest absolute Gasteiger partial charge is 0.318 e.